The first-order chi connectivity index (χ1) is 17.1. The molecule has 0 atom stereocenters. The van der Waals surface area contributed by atoms with E-state index in [2.05, 4.69) is 41.3 Å². The first-order valence-electron chi connectivity index (χ1n) is 12.2. The van der Waals surface area contributed by atoms with Crippen LogP contribution in [0.25, 0.3) is 0 Å². The number of rotatable bonds is 8. The summed E-state index contributed by atoms with van der Waals surface area (Å²) in [5, 5.41) is 0. The van der Waals surface area contributed by atoms with Gasteiger partial charge in [-0.1, -0.05) is 42.5 Å². The summed E-state index contributed by atoms with van der Waals surface area (Å²) in [5.74, 6) is 1.42. The summed E-state index contributed by atoms with van der Waals surface area (Å²) in [5.41, 5.74) is 2.41. The van der Waals surface area contributed by atoms with Crippen molar-refractivity contribution < 1.29 is 23.4 Å². The number of hydrogen-bond acceptors (Lipinski definition) is 6. The van der Waals surface area contributed by atoms with E-state index in [0.29, 0.717) is 51.4 Å². The summed E-state index contributed by atoms with van der Waals surface area (Å²) >= 11 is 0. The highest BCUT2D eigenvalue weighted by Crippen LogP contribution is 2.32. The van der Waals surface area contributed by atoms with Crippen molar-refractivity contribution in [2.24, 2.45) is 0 Å². The molecule has 0 bridgehead atoms. The average Bonchev–Trinajstić information content (AvgIpc) is 3.55. The Bertz CT molecular complexity index is 1100. The molecule has 0 aliphatic carbocycles. The summed E-state index contributed by atoms with van der Waals surface area (Å²) in [7, 11) is 1.67. The number of ether oxygens (including phenoxy) is 3. The van der Waals surface area contributed by atoms with Crippen molar-refractivity contribution in [1.82, 2.24) is 9.80 Å². The maximum atomic E-state index is 13.1. The van der Waals surface area contributed by atoms with Crippen molar-refractivity contribution in [2.45, 2.75) is 38.3 Å². The average molecular weight is 477 g/mol. The van der Waals surface area contributed by atoms with Gasteiger partial charge in [0.2, 0.25) is 0 Å². The molecule has 1 amide bonds. The molecule has 2 saturated heterocycles. The Morgan fingerprint density at radius 1 is 0.886 bits per heavy atom. The number of hydrogen-bond donors (Lipinski definition) is 0. The van der Waals surface area contributed by atoms with Crippen molar-refractivity contribution in [2.75, 3.05) is 33.4 Å². The maximum Gasteiger partial charge on any atom is 0.289 e. The number of carbonyl (C=O) groups excluding carboxylic acids is 1. The van der Waals surface area contributed by atoms with E-state index in [-0.39, 0.29) is 5.91 Å². The van der Waals surface area contributed by atoms with Gasteiger partial charge in [-0.2, -0.15) is 0 Å². The van der Waals surface area contributed by atoms with Crippen molar-refractivity contribution in [1.29, 1.82) is 0 Å². The van der Waals surface area contributed by atoms with E-state index in [9.17, 15) is 4.79 Å². The zero-order valence-electron chi connectivity index (χ0n) is 20.2. The standard InChI is InChI=1S/C28H32N2O5/c1-32-24-9-7-23(8-10-24)20-29(19-22-5-3-2-4-6-22)21-25-11-12-26(35-25)27(31)30-15-13-28(14-16-30)33-17-18-34-28/h2-12H,13-21H2,1H3. The molecule has 7 nitrogen and oxygen atoms in total. The van der Waals surface area contributed by atoms with Crippen LogP contribution < -0.4 is 4.74 Å². The first-order valence-corrected chi connectivity index (χ1v) is 12.2. The third-order valence-electron chi connectivity index (χ3n) is 6.69. The molecule has 184 valence electrons. The van der Waals surface area contributed by atoms with Crippen molar-refractivity contribution >= 4 is 5.91 Å². The van der Waals surface area contributed by atoms with Gasteiger partial charge in [-0.05, 0) is 35.4 Å². The number of likely N-dealkylation sites (tertiary alicyclic amines) is 1. The zero-order chi connectivity index (χ0) is 24.1. The van der Waals surface area contributed by atoms with Gasteiger partial charge in [-0.25, -0.2) is 0 Å². The van der Waals surface area contributed by atoms with Crippen molar-refractivity contribution in [3.05, 3.63) is 89.4 Å². The quantitative estimate of drug-likeness (QED) is 0.478. The minimum atomic E-state index is -0.496. The van der Waals surface area contributed by atoms with E-state index in [1.54, 1.807) is 13.2 Å². The highest BCUT2D eigenvalue weighted by molar-refractivity contribution is 5.91. The smallest absolute Gasteiger partial charge is 0.289 e. The van der Waals surface area contributed by atoms with Crippen LogP contribution >= 0.6 is 0 Å². The normalized spacial score (nSPS) is 17.3. The SMILES string of the molecule is COc1ccc(CN(Cc2ccccc2)Cc2ccc(C(=O)N3CCC4(CC3)OCCO4)o2)cc1. The Labute approximate surface area is 206 Å². The number of nitrogens with zero attached hydrogens (tertiary/aromatic N) is 2. The predicted octanol–water partition coefficient (Wildman–Crippen LogP) is 4.47. The minimum Gasteiger partial charge on any atom is -0.497 e. The highest BCUT2D eigenvalue weighted by Gasteiger charge is 2.41. The fraction of sp³-hybridized carbons (Fsp3) is 0.393. The summed E-state index contributed by atoms with van der Waals surface area (Å²) in [6, 6.07) is 22.2. The van der Waals surface area contributed by atoms with Crippen LogP contribution in [0.15, 0.2) is 71.1 Å². The largest absolute Gasteiger partial charge is 0.497 e. The number of furan rings is 1. The van der Waals surface area contributed by atoms with Crippen LogP contribution in [-0.2, 0) is 29.1 Å². The zero-order valence-corrected chi connectivity index (χ0v) is 20.2. The number of amides is 1. The highest BCUT2D eigenvalue weighted by atomic mass is 16.7. The number of benzene rings is 2. The summed E-state index contributed by atoms with van der Waals surface area (Å²) in [6.45, 7) is 4.58. The molecular weight excluding hydrogens is 444 g/mol. The molecule has 2 aliphatic rings. The molecule has 7 heteroatoms. The van der Waals surface area contributed by atoms with E-state index < -0.39 is 5.79 Å². The lowest BCUT2D eigenvalue weighted by Crippen LogP contribution is -2.47. The van der Waals surface area contributed by atoms with Gasteiger partial charge in [-0.15, -0.1) is 0 Å². The molecule has 35 heavy (non-hydrogen) atoms. The summed E-state index contributed by atoms with van der Waals surface area (Å²) in [6.07, 6.45) is 1.39. The lowest BCUT2D eigenvalue weighted by Gasteiger charge is -2.37. The molecule has 1 spiro atoms. The molecule has 2 aromatic carbocycles. The molecule has 1 aromatic heterocycles. The molecule has 5 rings (SSSR count). The molecule has 3 heterocycles. The third-order valence-corrected chi connectivity index (χ3v) is 6.69. The second-order valence-corrected chi connectivity index (χ2v) is 9.14. The number of piperidine rings is 1. The molecule has 0 unspecified atom stereocenters. The Balaban J connectivity index is 1.25. The number of methoxy groups -OCH3 is 1. The fourth-order valence-corrected chi connectivity index (χ4v) is 4.79. The molecular formula is C28H32N2O5. The van der Waals surface area contributed by atoms with Crippen LogP contribution in [0.2, 0.25) is 0 Å². The van der Waals surface area contributed by atoms with Gasteiger partial charge in [-0.3, -0.25) is 9.69 Å². The monoisotopic (exact) mass is 476 g/mol. The van der Waals surface area contributed by atoms with Gasteiger partial charge < -0.3 is 23.5 Å². The van der Waals surface area contributed by atoms with Crippen LogP contribution in [0.3, 0.4) is 0 Å². The van der Waals surface area contributed by atoms with Gasteiger partial charge in [0.05, 0.1) is 26.9 Å². The lowest BCUT2D eigenvalue weighted by atomic mass is 10.0. The van der Waals surface area contributed by atoms with Crippen LogP contribution in [-0.4, -0.2) is 54.9 Å². The van der Waals surface area contributed by atoms with Crippen molar-refractivity contribution in [3.63, 3.8) is 0 Å². The Morgan fingerprint density at radius 2 is 1.54 bits per heavy atom. The Hall–Kier alpha value is -3.13. The Kier molecular flexibility index (Phi) is 7.18. The van der Waals surface area contributed by atoms with E-state index in [4.69, 9.17) is 18.6 Å². The van der Waals surface area contributed by atoms with Gasteiger partial charge in [0.15, 0.2) is 11.5 Å². The van der Waals surface area contributed by atoms with E-state index in [1.807, 2.05) is 29.2 Å². The molecule has 2 aliphatic heterocycles. The lowest BCUT2D eigenvalue weighted by molar-refractivity contribution is -0.181. The van der Waals surface area contributed by atoms with Gasteiger partial charge in [0, 0.05) is 39.0 Å². The predicted molar refractivity (Wildman–Crippen MR) is 131 cm³/mol. The first kappa shape index (κ1) is 23.6. The molecule has 0 saturated carbocycles. The van der Waals surface area contributed by atoms with Crippen LogP contribution in [0.4, 0.5) is 0 Å². The second kappa shape index (κ2) is 10.6. The molecule has 3 aromatic rings. The van der Waals surface area contributed by atoms with Gasteiger partial charge in [0.25, 0.3) is 5.91 Å². The molecule has 0 radical (unpaired) electrons. The number of carbonyl (C=O) groups is 1. The Morgan fingerprint density at radius 3 is 2.20 bits per heavy atom. The van der Waals surface area contributed by atoms with Gasteiger partial charge in [0.1, 0.15) is 11.5 Å². The second-order valence-electron chi connectivity index (χ2n) is 9.14. The minimum absolute atomic E-state index is 0.0751. The maximum absolute atomic E-state index is 13.1. The molecule has 2 fully saturated rings. The summed E-state index contributed by atoms with van der Waals surface area (Å²) < 4.78 is 22.9. The van der Waals surface area contributed by atoms with E-state index in [1.165, 1.54) is 11.1 Å². The van der Waals surface area contributed by atoms with Crippen molar-refractivity contribution in [3.8, 4) is 5.75 Å². The van der Waals surface area contributed by atoms with Crippen LogP contribution in [0.1, 0.15) is 40.3 Å². The van der Waals surface area contributed by atoms with Crippen LogP contribution in [0, 0.1) is 0 Å². The van der Waals surface area contributed by atoms with Gasteiger partial charge >= 0.3 is 0 Å². The van der Waals surface area contributed by atoms with E-state index >= 15 is 0 Å². The van der Waals surface area contributed by atoms with E-state index in [0.717, 1.165) is 24.6 Å². The van der Waals surface area contributed by atoms with Crippen LogP contribution in [0.5, 0.6) is 5.75 Å². The third kappa shape index (κ3) is 5.75. The molecule has 0 N–H and O–H groups in total. The topological polar surface area (TPSA) is 64.4 Å². The fourth-order valence-electron chi connectivity index (χ4n) is 4.79. The summed E-state index contributed by atoms with van der Waals surface area (Å²) in [4.78, 5) is 17.2.